The van der Waals surface area contributed by atoms with E-state index in [1.807, 2.05) is 24.2 Å². The minimum atomic E-state index is 0.324. The van der Waals surface area contributed by atoms with Crippen molar-refractivity contribution >= 4 is 11.8 Å². The molecule has 4 heteroatoms. The van der Waals surface area contributed by atoms with Crippen molar-refractivity contribution in [3.8, 4) is 0 Å². The van der Waals surface area contributed by atoms with Crippen LogP contribution in [-0.4, -0.2) is 21.3 Å². The molecule has 0 bridgehead atoms. The molecule has 0 aliphatic carbocycles. The third-order valence-corrected chi connectivity index (χ3v) is 3.36. The largest absolute Gasteiger partial charge is 0.335 e. The first-order chi connectivity index (χ1) is 6.77. The molecule has 1 rings (SSSR count). The van der Waals surface area contributed by atoms with E-state index < -0.39 is 0 Å². The number of nitrogens with two attached hydrogens (primary N) is 1. The number of nitrogens with zero attached hydrogens (tertiary/aromatic N) is 2. The molecule has 1 aromatic heterocycles. The molecule has 1 aromatic rings. The van der Waals surface area contributed by atoms with Crippen LogP contribution in [0.5, 0.6) is 0 Å². The molecule has 0 aromatic carbocycles. The van der Waals surface area contributed by atoms with Crippen molar-refractivity contribution in [1.82, 2.24) is 9.55 Å². The summed E-state index contributed by atoms with van der Waals surface area (Å²) in [5, 5.41) is 0. The lowest BCUT2D eigenvalue weighted by atomic mass is 10.3. The number of aromatic nitrogens is 2. The van der Waals surface area contributed by atoms with Crippen LogP contribution in [0.15, 0.2) is 12.4 Å². The summed E-state index contributed by atoms with van der Waals surface area (Å²) in [6.07, 6.45) is 4.93. The van der Waals surface area contributed by atoms with Gasteiger partial charge in [0.05, 0.1) is 5.75 Å². The van der Waals surface area contributed by atoms with Crippen molar-refractivity contribution in [3.63, 3.8) is 0 Å². The Morgan fingerprint density at radius 3 is 3.00 bits per heavy atom. The smallest absolute Gasteiger partial charge is 0.118 e. The summed E-state index contributed by atoms with van der Waals surface area (Å²) in [5.74, 6) is 3.14. The molecule has 0 aliphatic heterocycles. The molecule has 0 radical (unpaired) electrons. The Bertz CT molecular complexity index is 260. The molecule has 1 atom stereocenters. The van der Waals surface area contributed by atoms with Gasteiger partial charge >= 0.3 is 0 Å². The van der Waals surface area contributed by atoms with Gasteiger partial charge in [0.15, 0.2) is 0 Å². The van der Waals surface area contributed by atoms with Crippen molar-refractivity contribution < 1.29 is 0 Å². The highest BCUT2D eigenvalue weighted by Gasteiger charge is 2.03. The van der Waals surface area contributed by atoms with E-state index in [0.29, 0.717) is 6.04 Å². The second-order valence-corrected chi connectivity index (χ2v) is 4.34. The Hall–Kier alpha value is -0.480. The second kappa shape index (κ2) is 6.09. The number of thioether (sulfide) groups is 1. The van der Waals surface area contributed by atoms with Gasteiger partial charge < -0.3 is 10.3 Å². The molecule has 80 valence electrons. The maximum absolute atomic E-state index is 5.83. The average Bonchev–Trinajstić information content (AvgIpc) is 2.65. The number of hydrogen-bond acceptors (Lipinski definition) is 3. The topological polar surface area (TPSA) is 43.8 Å². The zero-order valence-electron chi connectivity index (χ0n) is 8.94. The van der Waals surface area contributed by atoms with Crippen LogP contribution >= 0.6 is 11.8 Å². The Balaban J connectivity index is 2.31. The van der Waals surface area contributed by atoms with Gasteiger partial charge in [-0.3, -0.25) is 0 Å². The number of rotatable bonds is 6. The van der Waals surface area contributed by atoms with Crippen molar-refractivity contribution in [2.24, 2.45) is 5.73 Å². The van der Waals surface area contributed by atoms with E-state index in [1.165, 1.54) is 0 Å². The molecule has 0 saturated heterocycles. The zero-order valence-corrected chi connectivity index (χ0v) is 9.76. The van der Waals surface area contributed by atoms with Crippen LogP contribution in [0.2, 0.25) is 0 Å². The second-order valence-electron chi connectivity index (χ2n) is 3.31. The summed E-state index contributed by atoms with van der Waals surface area (Å²) in [6, 6.07) is 0.324. The molecule has 0 aliphatic rings. The van der Waals surface area contributed by atoms with E-state index in [2.05, 4.69) is 23.4 Å². The molecule has 0 saturated carbocycles. The molecular formula is C10H19N3S. The highest BCUT2D eigenvalue weighted by molar-refractivity contribution is 7.98. The van der Waals surface area contributed by atoms with E-state index in [9.17, 15) is 0 Å². The quantitative estimate of drug-likeness (QED) is 0.784. The first-order valence-corrected chi connectivity index (χ1v) is 6.26. The lowest BCUT2D eigenvalue weighted by Gasteiger charge is -2.08. The van der Waals surface area contributed by atoms with Gasteiger partial charge in [-0.1, -0.05) is 6.92 Å². The summed E-state index contributed by atoms with van der Waals surface area (Å²) < 4.78 is 2.17. The third kappa shape index (κ3) is 3.35. The number of aryl methyl sites for hydroxylation is 1. The van der Waals surface area contributed by atoms with Crippen molar-refractivity contribution in [1.29, 1.82) is 0 Å². The Morgan fingerprint density at radius 2 is 2.36 bits per heavy atom. The molecule has 0 amide bonds. The fourth-order valence-corrected chi connectivity index (χ4v) is 2.27. The summed E-state index contributed by atoms with van der Waals surface area (Å²) in [4.78, 5) is 4.31. The number of imidazole rings is 1. The molecular weight excluding hydrogens is 194 g/mol. The minimum absolute atomic E-state index is 0.324. The summed E-state index contributed by atoms with van der Waals surface area (Å²) in [5.41, 5.74) is 5.83. The monoisotopic (exact) mass is 213 g/mol. The Kier molecular flexibility index (Phi) is 5.04. The maximum Gasteiger partial charge on any atom is 0.118 e. The van der Waals surface area contributed by atoms with Gasteiger partial charge in [-0.25, -0.2) is 4.98 Å². The standard InChI is InChI=1S/C10H19N3S/c1-3-9(11)7-14-8-10-12-5-6-13(10)4-2/h5-6,9H,3-4,7-8,11H2,1-2H3. The van der Waals surface area contributed by atoms with Crippen LogP contribution in [0.4, 0.5) is 0 Å². The van der Waals surface area contributed by atoms with Crippen LogP contribution in [-0.2, 0) is 12.3 Å². The normalized spacial score (nSPS) is 13.1. The highest BCUT2D eigenvalue weighted by Crippen LogP contribution is 2.12. The Morgan fingerprint density at radius 1 is 1.57 bits per heavy atom. The van der Waals surface area contributed by atoms with Crippen LogP contribution in [0, 0.1) is 0 Å². The molecule has 1 unspecified atom stereocenters. The minimum Gasteiger partial charge on any atom is -0.335 e. The van der Waals surface area contributed by atoms with Gasteiger partial charge in [-0.15, -0.1) is 0 Å². The van der Waals surface area contributed by atoms with Crippen LogP contribution in [0.25, 0.3) is 0 Å². The Labute approximate surface area is 90.1 Å². The summed E-state index contributed by atoms with van der Waals surface area (Å²) >= 11 is 1.86. The molecule has 0 spiro atoms. The van der Waals surface area contributed by atoms with Crippen molar-refractivity contribution in [3.05, 3.63) is 18.2 Å². The molecule has 1 heterocycles. The lowest BCUT2D eigenvalue weighted by molar-refractivity contribution is 0.716. The number of hydrogen-bond donors (Lipinski definition) is 1. The van der Waals surface area contributed by atoms with Gasteiger partial charge in [0.2, 0.25) is 0 Å². The predicted molar refractivity (Wildman–Crippen MR) is 62.3 cm³/mol. The first kappa shape index (κ1) is 11.6. The highest BCUT2D eigenvalue weighted by atomic mass is 32.2. The van der Waals surface area contributed by atoms with Gasteiger partial charge in [-0.2, -0.15) is 11.8 Å². The fourth-order valence-electron chi connectivity index (χ4n) is 1.19. The van der Waals surface area contributed by atoms with E-state index in [4.69, 9.17) is 5.73 Å². The van der Waals surface area contributed by atoms with E-state index in [0.717, 1.165) is 30.3 Å². The molecule has 2 N–H and O–H groups in total. The molecule has 14 heavy (non-hydrogen) atoms. The zero-order chi connectivity index (χ0) is 10.4. The van der Waals surface area contributed by atoms with Crippen LogP contribution in [0.3, 0.4) is 0 Å². The van der Waals surface area contributed by atoms with E-state index in [-0.39, 0.29) is 0 Å². The lowest BCUT2D eigenvalue weighted by Crippen LogP contribution is -2.21. The fraction of sp³-hybridized carbons (Fsp3) is 0.700. The average molecular weight is 213 g/mol. The first-order valence-electron chi connectivity index (χ1n) is 5.11. The van der Waals surface area contributed by atoms with Gasteiger partial charge in [0, 0.05) is 30.7 Å². The SMILES string of the molecule is CCC(N)CSCc1nccn1CC. The maximum atomic E-state index is 5.83. The van der Waals surface area contributed by atoms with Gasteiger partial charge in [0.25, 0.3) is 0 Å². The van der Waals surface area contributed by atoms with E-state index >= 15 is 0 Å². The van der Waals surface area contributed by atoms with Gasteiger partial charge in [-0.05, 0) is 13.3 Å². The van der Waals surface area contributed by atoms with Crippen molar-refractivity contribution in [2.45, 2.75) is 38.6 Å². The summed E-state index contributed by atoms with van der Waals surface area (Å²) in [6.45, 7) is 5.25. The van der Waals surface area contributed by atoms with Gasteiger partial charge in [0.1, 0.15) is 5.82 Å². The summed E-state index contributed by atoms with van der Waals surface area (Å²) in [7, 11) is 0. The van der Waals surface area contributed by atoms with Crippen LogP contribution < -0.4 is 5.73 Å². The molecule has 0 fully saturated rings. The third-order valence-electron chi connectivity index (χ3n) is 2.23. The predicted octanol–water partition coefficient (Wildman–Crippen LogP) is 1.87. The van der Waals surface area contributed by atoms with Crippen molar-refractivity contribution in [2.75, 3.05) is 5.75 Å². The van der Waals surface area contributed by atoms with E-state index in [1.54, 1.807) is 0 Å². The molecule has 3 nitrogen and oxygen atoms in total. The van der Waals surface area contributed by atoms with Crippen LogP contribution in [0.1, 0.15) is 26.1 Å².